The van der Waals surface area contributed by atoms with Gasteiger partial charge < -0.3 is 14.7 Å². The lowest BCUT2D eigenvalue weighted by atomic mass is 10.0. The number of carbonyl (C=O) groups is 1. The Hall–Kier alpha value is -1.50. The van der Waals surface area contributed by atoms with E-state index in [-0.39, 0.29) is 17.8 Å². The fourth-order valence-electron chi connectivity index (χ4n) is 3.37. The zero-order valence-electron chi connectivity index (χ0n) is 13.2. The first-order valence-electron chi connectivity index (χ1n) is 8.16. The van der Waals surface area contributed by atoms with Crippen LogP contribution in [0.3, 0.4) is 0 Å². The van der Waals surface area contributed by atoms with Crippen LogP contribution in [0.15, 0.2) is 24.3 Å². The molecule has 1 aromatic carbocycles. The van der Waals surface area contributed by atoms with Crippen molar-refractivity contribution in [3.05, 3.63) is 35.6 Å². The molecular weight excluding hydrogens is 299 g/mol. The summed E-state index contributed by atoms with van der Waals surface area (Å²) >= 11 is 0. The highest BCUT2D eigenvalue weighted by molar-refractivity contribution is 5.76. The van der Waals surface area contributed by atoms with Crippen molar-refractivity contribution >= 4 is 5.91 Å². The Labute approximate surface area is 135 Å². The van der Waals surface area contributed by atoms with E-state index >= 15 is 0 Å². The van der Waals surface area contributed by atoms with E-state index < -0.39 is 6.10 Å². The van der Waals surface area contributed by atoms with E-state index in [4.69, 9.17) is 4.74 Å². The maximum absolute atomic E-state index is 13.1. The van der Waals surface area contributed by atoms with E-state index in [9.17, 15) is 14.3 Å². The first-order chi connectivity index (χ1) is 11.1. The number of likely N-dealkylation sites (tertiary alicyclic amines) is 1. The van der Waals surface area contributed by atoms with Crippen LogP contribution in [0.2, 0.25) is 0 Å². The van der Waals surface area contributed by atoms with E-state index in [0.29, 0.717) is 52.2 Å². The summed E-state index contributed by atoms with van der Waals surface area (Å²) in [5.41, 5.74) is 0.988. The Balaban J connectivity index is 1.58. The van der Waals surface area contributed by atoms with Crippen LogP contribution in [-0.4, -0.2) is 66.3 Å². The number of amides is 1. The third-order valence-corrected chi connectivity index (χ3v) is 4.61. The van der Waals surface area contributed by atoms with Gasteiger partial charge in [0.05, 0.1) is 19.3 Å². The van der Waals surface area contributed by atoms with Gasteiger partial charge in [0.1, 0.15) is 5.82 Å². The van der Waals surface area contributed by atoms with E-state index in [1.807, 2.05) is 4.90 Å². The van der Waals surface area contributed by atoms with Crippen molar-refractivity contribution < 1.29 is 19.0 Å². The second kappa shape index (κ2) is 7.38. The van der Waals surface area contributed by atoms with Crippen LogP contribution in [0.4, 0.5) is 4.39 Å². The lowest BCUT2D eigenvalue weighted by molar-refractivity contribution is -0.135. The molecule has 0 spiro atoms. The highest BCUT2D eigenvalue weighted by Crippen LogP contribution is 2.32. The standard InChI is InChI=1S/C17H23FN2O3/c18-14-3-1-13(2-4-14)16-11-15(21)12-20(16)6-5-17(22)19-7-9-23-10-8-19/h1-4,15-16,21H,5-12H2/t15-,16+/m1/s1. The smallest absolute Gasteiger partial charge is 0.224 e. The molecule has 6 heteroatoms. The fraction of sp³-hybridized carbons (Fsp3) is 0.588. The number of ether oxygens (including phenoxy) is 1. The Kier molecular flexibility index (Phi) is 5.25. The lowest BCUT2D eigenvalue weighted by Gasteiger charge is -2.29. The van der Waals surface area contributed by atoms with E-state index in [2.05, 4.69) is 4.90 Å². The van der Waals surface area contributed by atoms with Gasteiger partial charge in [0, 0.05) is 38.6 Å². The van der Waals surface area contributed by atoms with Gasteiger partial charge in [-0.25, -0.2) is 4.39 Å². The molecule has 3 rings (SSSR count). The molecule has 23 heavy (non-hydrogen) atoms. The summed E-state index contributed by atoms with van der Waals surface area (Å²) in [7, 11) is 0. The topological polar surface area (TPSA) is 53.0 Å². The van der Waals surface area contributed by atoms with Crippen LogP contribution in [0.25, 0.3) is 0 Å². The summed E-state index contributed by atoms with van der Waals surface area (Å²) in [4.78, 5) is 16.2. The summed E-state index contributed by atoms with van der Waals surface area (Å²) in [6, 6.07) is 6.45. The maximum Gasteiger partial charge on any atom is 0.224 e. The third kappa shape index (κ3) is 4.07. The average molecular weight is 322 g/mol. The number of benzene rings is 1. The molecule has 0 unspecified atom stereocenters. The highest BCUT2D eigenvalue weighted by atomic mass is 19.1. The molecular formula is C17H23FN2O3. The molecule has 0 aromatic heterocycles. The molecule has 2 aliphatic rings. The van der Waals surface area contributed by atoms with Crippen molar-refractivity contribution in [1.82, 2.24) is 9.80 Å². The minimum absolute atomic E-state index is 0.0445. The molecule has 2 aliphatic heterocycles. The minimum Gasteiger partial charge on any atom is -0.392 e. The molecule has 5 nitrogen and oxygen atoms in total. The lowest BCUT2D eigenvalue weighted by Crippen LogP contribution is -2.42. The number of rotatable bonds is 4. The van der Waals surface area contributed by atoms with Gasteiger partial charge in [0.2, 0.25) is 5.91 Å². The first-order valence-corrected chi connectivity index (χ1v) is 8.16. The second-order valence-corrected chi connectivity index (χ2v) is 6.19. The zero-order valence-corrected chi connectivity index (χ0v) is 13.2. The molecule has 126 valence electrons. The molecule has 2 saturated heterocycles. The Bertz CT molecular complexity index is 531. The van der Waals surface area contributed by atoms with Crippen molar-refractivity contribution in [3.8, 4) is 0 Å². The van der Waals surface area contributed by atoms with Crippen LogP contribution in [0.1, 0.15) is 24.4 Å². The van der Waals surface area contributed by atoms with Crippen LogP contribution in [-0.2, 0) is 9.53 Å². The van der Waals surface area contributed by atoms with Gasteiger partial charge in [-0.3, -0.25) is 9.69 Å². The van der Waals surface area contributed by atoms with Crippen molar-refractivity contribution in [3.63, 3.8) is 0 Å². The quantitative estimate of drug-likeness (QED) is 0.904. The van der Waals surface area contributed by atoms with Gasteiger partial charge in [-0.1, -0.05) is 12.1 Å². The SMILES string of the molecule is O=C(CCN1C[C@H](O)C[C@H]1c1ccc(F)cc1)N1CCOCC1. The minimum atomic E-state index is -0.399. The van der Waals surface area contributed by atoms with Crippen molar-refractivity contribution in [1.29, 1.82) is 0 Å². The number of β-amino-alcohol motifs (C(OH)–C–C–N with tert-alkyl or cyclic N) is 1. The molecule has 0 radical (unpaired) electrons. The van der Waals surface area contributed by atoms with Crippen molar-refractivity contribution in [2.75, 3.05) is 39.4 Å². The van der Waals surface area contributed by atoms with Crippen molar-refractivity contribution in [2.45, 2.75) is 25.0 Å². The van der Waals surface area contributed by atoms with Gasteiger partial charge in [-0.05, 0) is 24.1 Å². The number of carbonyl (C=O) groups excluding carboxylic acids is 1. The van der Waals surface area contributed by atoms with Gasteiger partial charge in [-0.15, -0.1) is 0 Å². The van der Waals surface area contributed by atoms with Crippen LogP contribution < -0.4 is 0 Å². The molecule has 0 saturated carbocycles. The number of nitrogens with zero attached hydrogens (tertiary/aromatic N) is 2. The number of halogens is 1. The largest absolute Gasteiger partial charge is 0.392 e. The van der Waals surface area contributed by atoms with Crippen LogP contribution in [0.5, 0.6) is 0 Å². The summed E-state index contributed by atoms with van der Waals surface area (Å²) < 4.78 is 18.3. The summed E-state index contributed by atoms with van der Waals surface area (Å²) in [5.74, 6) is -0.131. The number of hydrogen-bond acceptors (Lipinski definition) is 4. The second-order valence-electron chi connectivity index (χ2n) is 6.19. The number of morpholine rings is 1. The van der Waals surface area contributed by atoms with Crippen LogP contribution >= 0.6 is 0 Å². The van der Waals surface area contributed by atoms with E-state index in [0.717, 1.165) is 5.56 Å². The third-order valence-electron chi connectivity index (χ3n) is 4.61. The molecule has 2 atom stereocenters. The predicted molar refractivity (Wildman–Crippen MR) is 83.4 cm³/mol. The first kappa shape index (κ1) is 16.4. The van der Waals surface area contributed by atoms with E-state index in [1.54, 1.807) is 12.1 Å². The van der Waals surface area contributed by atoms with Crippen LogP contribution in [0, 0.1) is 5.82 Å². The average Bonchev–Trinajstić information content (AvgIpc) is 2.95. The zero-order chi connectivity index (χ0) is 16.2. The van der Waals surface area contributed by atoms with E-state index in [1.165, 1.54) is 12.1 Å². The Morgan fingerprint density at radius 3 is 2.65 bits per heavy atom. The summed E-state index contributed by atoms with van der Waals surface area (Å²) in [6.45, 7) is 3.68. The van der Waals surface area contributed by atoms with Gasteiger partial charge in [-0.2, -0.15) is 0 Å². The van der Waals surface area contributed by atoms with Gasteiger partial charge in [0.25, 0.3) is 0 Å². The molecule has 1 aromatic rings. The van der Waals surface area contributed by atoms with Gasteiger partial charge >= 0.3 is 0 Å². The monoisotopic (exact) mass is 322 g/mol. The molecule has 0 bridgehead atoms. The predicted octanol–water partition coefficient (Wildman–Crippen LogP) is 1.18. The summed E-state index contributed by atoms with van der Waals surface area (Å²) in [5, 5.41) is 9.97. The summed E-state index contributed by atoms with van der Waals surface area (Å²) in [6.07, 6.45) is 0.658. The van der Waals surface area contributed by atoms with Gasteiger partial charge in [0.15, 0.2) is 0 Å². The molecule has 1 N–H and O–H groups in total. The van der Waals surface area contributed by atoms with Crippen molar-refractivity contribution in [2.24, 2.45) is 0 Å². The maximum atomic E-state index is 13.1. The Morgan fingerprint density at radius 2 is 1.96 bits per heavy atom. The Morgan fingerprint density at radius 1 is 1.26 bits per heavy atom. The number of aliphatic hydroxyl groups is 1. The molecule has 2 fully saturated rings. The number of aliphatic hydroxyl groups excluding tert-OH is 1. The number of hydrogen-bond donors (Lipinski definition) is 1. The molecule has 1 amide bonds. The normalized spacial score (nSPS) is 25.7. The molecule has 0 aliphatic carbocycles. The highest BCUT2D eigenvalue weighted by Gasteiger charge is 2.32. The molecule has 2 heterocycles. The fourth-order valence-corrected chi connectivity index (χ4v) is 3.37.